The van der Waals surface area contributed by atoms with Gasteiger partial charge in [0.1, 0.15) is 0 Å². The van der Waals surface area contributed by atoms with Crippen molar-refractivity contribution in [2.45, 2.75) is 0 Å². The van der Waals surface area contributed by atoms with Gasteiger partial charge in [-0.2, -0.15) is 0 Å². The second-order valence-electron chi connectivity index (χ2n) is 2.16. The third kappa shape index (κ3) is 1.42. The van der Waals surface area contributed by atoms with Crippen molar-refractivity contribution < 1.29 is 0 Å². The standard InChI is InChI=1S/C7H4ClNSSe/c8-4-1-2-5-6(3-4)11-7(10)9-5/h1-3H,(H,9,10). The van der Waals surface area contributed by atoms with Crippen molar-refractivity contribution in [2.75, 3.05) is 0 Å². The van der Waals surface area contributed by atoms with E-state index in [4.69, 9.17) is 23.8 Å². The molecule has 2 rings (SSSR count). The Bertz CT molecular complexity index is 445. The number of aromatic amines is 1. The number of H-pyrrole nitrogens is 1. The molecule has 1 heterocycles. The molecule has 4 heteroatoms. The van der Waals surface area contributed by atoms with Crippen molar-refractivity contribution in [1.29, 1.82) is 0 Å². The summed E-state index contributed by atoms with van der Waals surface area (Å²) in [7, 11) is 0. The van der Waals surface area contributed by atoms with E-state index in [1.807, 2.05) is 18.2 Å². The van der Waals surface area contributed by atoms with Crippen LogP contribution in [0.5, 0.6) is 0 Å². The van der Waals surface area contributed by atoms with Crippen molar-refractivity contribution >= 4 is 48.1 Å². The van der Waals surface area contributed by atoms with Crippen LogP contribution in [-0.2, 0) is 0 Å². The third-order valence-electron chi connectivity index (χ3n) is 1.38. The second-order valence-corrected chi connectivity index (χ2v) is 5.79. The maximum absolute atomic E-state index is 5.81. The number of rotatable bonds is 0. The Morgan fingerprint density at radius 1 is 1.45 bits per heavy atom. The van der Waals surface area contributed by atoms with Gasteiger partial charge in [-0.3, -0.25) is 0 Å². The van der Waals surface area contributed by atoms with Gasteiger partial charge in [0.2, 0.25) is 0 Å². The zero-order chi connectivity index (χ0) is 7.84. The van der Waals surface area contributed by atoms with Gasteiger partial charge in [0.15, 0.2) is 0 Å². The summed E-state index contributed by atoms with van der Waals surface area (Å²) in [5.74, 6) is 0. The van der Waals surface area contributed by atoms with Gasteiger partial charge in [-0.15, -0.1) is 0 Å². The Balaban J connectivity index is 2.92. The summed E-state index contributed by atoms with van der Waals surface area (Å²) in [6.45, 7) is 0. The van der Waals surface area contributed by atoms with Crippen LogP contribution in [0, 0.1) is 3.51 Å². The molecule has 1 aromatic heterocycles. The van der Waals surface area contributed by atoms with E-state index in [0.29, 0.717) is 0 Å². The molecule has 1 aromatic carbocycles. The fourth-order valence-corrected chi connectivity index (χ4v) is 3.44. The molecule has 0 fully saturated rings. The molecule has 0 aliphatic carbocycles. The Morgan fingerprint density at radius 2 is 2.27 bits per heavy atom. The zero-order valence-electron chi connectivity index (χ0n) is 5.43. The van der Waals surface area contributed by atoms with E-state index in [0.717, 1.165) is 14.1 Å². The van der Waals surface area contributed by atoms with E-state index < -0.39 is 0 Å². The number of halogens is 1. The molecule has 2 aromatic rings. The quantitative estimate of drug-likeness (QED) is 0.560. The van der Waals surface area contributed by atoms with Crippen LogP contribution in [0.25, 0.3) is 9.78 Å². The topological polar surface area (TPSA) is 15.8 Å². The van der Waals surface area contributed by atoms with Crippen molar-refractivity contribution in [1.82, 2.24) is 4.98 Å². The molecule has 1 nitrogen and oxygen atoms in total. The van der Waals surface area contributed by atoms with E-state index in [1.54, 1.807) is 0 Å². The van der Waals surface area contributed by atoms with Crippen LogP contribution >= 0.6 is 23.8 Å². The van der Waals surface area contributed by atoms with Gasteiger partial charge < -0.3 is 0 Å². The molecule has 0 unspecified atom stereocenters. The van der Waals surface area contributed by atoms with E-state index in [-0.39, 0.29) is 14.5 Å². The molecule has 0 saturated heterocycles. The number of nitrogens with one attached hydrogen (secondary N) is 1. The summed E-state index contributed by atoms with van der Waals surface area (Å²) in [6, 6.07) is 5.82. The summed E-state index contributed by atoms with van der Waals surface area (Å²) in [5, 5.41) is 0.789. The van der Waals surface area contributed by atoms with Gasteiger partial charge in [-0.25, -0.2) is 0 Å². The normalized spacial score (nSPS) is 10.6. The summed E-state index contributed by atoms with van der Waals surface area (Å²) in [6.07, 6.45) is 0. The summed E-state index contributed by atoms with van der Waals surface area (Å²) in [4.78, 5) is 3.13. The molecule has 0 atom stereocenters. The Hall–Kier alpha value is -0.0805. The molecule has 0 bridgehead atoms. The Morgan fingerprint density at radius 3 is 3.09 bits per heavy atom. The molecule has 0 saturated carbocycles. The molecule has 0 amide bonds. The average molecular weight is 249 g/mol. The maximum atomic E-state index is 5.81. The second kappa shape index (κ2) is 2.76. The van der Waals surface area contributed by atoms with Crippen LogP contribution in [0.3, 0.4) is 0 Å². The van der Waals surface area contributed by atoms with Crippen LogP contribution in [0.15, 0.2) is 18.2 Å². The Labute approximate surface area is 79.8 Å². The van der Waals surface area contributed by atoms with E-state index in [9.17, 15) is 0 Å². The molecule has 0 aliphatic rings. The number of fused-ring (bicyclic) bond motifs is 1. The predicted molar refractivity (Wildman–Crippen MR) is 51.1 cm³/mol. The fourth-order valence-electron chi connectivity index (χ4n) is 0.919. The molecule has 0 radical (unpaired) electrons. The number of hydrogen-bond donors (Lipinski definition) is 1. The van der Waals surface area contributed by atoms with Crippen LogP contribution in [0.2, 0.25) is 5.02 Å². The van der Waals surface area contributed by atoms with Gasteiger partial charge in [0, 0.05) is 0 Å². The van der Waals surface area contributed by atoms with Crippen LogP contribution in [-0.4, -0.2) is 19.5 Å². The minimum absolute atomic E-state index is 0.287. The number of benzene rings is 1. The van der Waals surface area contributed by atoms with Crippen LogP contribution in [0.4, 0.5) is 0 Å². The number of aromatic nitrogens is 1. The predicted octanol–water partition coefficient (Wildman–Crippen LogP) is 2.61. The molecular weight excluding hydrogens is 245 g/mol. The van der Waals surface area contributed by atoms with Gasteiger partial charge in [-0.1, -0.05) is 0 Å². The summed E-state index contributed by atoms with van der Waals surface area (Å²) >= 11 is 11.1. The van der Waals surface area contributed by atoms with Gasteiger partial charge in [-0.05, 0) is 0 Å². The SMILES string of the molecule is S=c1[nH]c2ccc(Cl)cc2[se]1. The van der Waals surface area contributed by atoms with Crippen molar-refractivity contribution in [2.24, 2.45) is 0 Å². The van der Waals surface area contributed by atoms with Crippen molar-refractivity contribution in [3.8, 4) is 0 Å². The van der Waals surface area contributed by atoms with Crippen LogP contribution in [0.1, 0.15) is 0 Å². The van der Waals surface area contributed by atoms with Crippen molar-refractivity contribution in [3.05, 3.63) is 26.7 Å². The molecule has 0 aliphatic heterocycles. The first-order valence-corrected chi connectivity index (χ1v) is 5.54. The molecular formula is C7H4ClNSSe. The van der Waals surface area contributed by atoms with E-state index >= 15 is 0 Å². The molecule has 0 spiro atoms. The fraction of sp³-hybridized carbons (Fsp3) is 0. The monoisotopic (exact) mass is 249 g/mol. The van der Waals surface area contributed by atoms with Gasteiger partial charge in [0.05, 0.1) is 0 Å². The van der Waals surface area contributed by atoms with Crippen molar-refractivity contribution in [3.63, 3.8) is 0 Å². The van der Waals surface area contributed by atoms with Crippen LogP contribution < -0.4 is 0 Å². The van der Waals surface area contributed by atoms with E-state index in [2.05, 4.69) is 4.98 Å². The minimum atomic E-state index is 0.287. The van der Waals surface area contributed by atoms with Gasteiger partial charge in [0.25, 0.3) is 0 Å². The third-order valence-corrected chi connectivity index (χ3v) is 3.93. The average Bonchev–Trinajstić information content (AvgIpc) is 2.27. The molecule has 11 heavy (non-hydrogen) atoms. The first-order valence-electron chi connectivity index (χ1n) is 3.04. The summed E-state index contributed by atoms with van der Waals surface area (Å²) < 4.78 is 2.20. The number of hydrogen-bond acceptors (Lipinski definition) is 1. The molecule has 1 N–H and O–H groups in total. The van der Waals surface area contributed by atoms with E-state index in [1.165, 1.54) is 4.26 Å². The zero-order valence-corrected chi connectivity index (χ0v) is 8.71. The van der Waals surface area contributed by atoms with Gasteiger partial charge >= 0.3 is 79.8 Å². The summed E-state index contributed by atoms with van der Waals surface area (Å²) in [5.41, 5.74) is 1.12. The first-order chi connectivity index (χ1) is 5.25. The first kappa shape index (κ1) is 7.56. The molecule has 56 valence electrons. The Kier molecular flexibility index (Phi) is 1.90.